The number of quaternary nitrogens is 2. The van der Waals surface area contributed by atoms with E-state index >= 15 is 0 Å². The molecule has 8 heteroatoms. The maximum Gasteiger partial charge on any atom is 0.279 e. The summed E-state index contributed by atoms with van der Waals surface area (Å²) in [6.45, 7) is 6.05. The third-order valence-electron chi connectivity index (χ3n) is 4.45. The number of carbonyl (C=O) groups excluding carboxylic acids is 1. The number of amides is 1. The van der Waals surface area contributed by atoms with Gasteiger partial charge in [0, 0.05) is 13.0 Å². The Kier molecular flexibility index (Phi) is 8.58. The quantitative estimate of drug-likeness (QED) is 0.347. The first-order valence-corrected chi connectivity index (χ1v) is 9.94. The summed E-state index contributed by atoms with van der Waals surface area (Å²) in [6.07, 6.45) is 1.11. The van der Waals surface area contributed by atoms with E-state index in [0.717, 1.165) is 50.8 Å². The van der Waals surface area contributed by atoms with Crippen LogP contribution in [0.25, 0.3) is 0 Å². The summed E-state index contributed by atoms with van der Waals surface area (Å²) in [5.41, 5.74) is 0.669. The molecule has 4 N–H and O–H groups in total. The number of rotatable bonds is 7. The summed E-state index contributed by atoms with van der Waals surface area (Å²) in [7, 11) is 4.31. The van der Waals surface area contributed by atoms with Gasteiger partial charge in [-0.1, -0.05) is 23.7 Å². The third-order valence-corrected chi connectivity index (χ3v) is 5.18. The fourth-order valence-corrected chi connectivity index (χ4v) is 3.40. The van der Waals surface area contributed by atoms with Crippen LogP contribution in [0, 0.1) is 0 Å². The van der Waals surface area contributed by atoms with Crippen molar-refractivity contribution in [2.45, 2.75) is 6.42 Å². The van der Waals surface area contributed by atoms with Gasteiger partial charge in [0.2, 0.25) is 0 Å². The lowest BCUT2D eigenvalue weighted by molar-refractivity contribution is -0.895. The van der Waals surface area contributed by atoms with Crippen LogP contribution in [0.3, 0.4) is 0 Å². The van der Waals surface area contributed by atoms with E-state index in [1.54, 1.807) is 6.07 Å². The maximum absolute atomic E-state index is 12.2. The first kappa shape index (κ1) is 20.9. The van der Waals surface area contributed by atoms with Crippen LogP contribution in [0.15, 0.2) is 24.3 Å². The molecule has 1 aliphatic heterocycles. The fraction of sp³-hybridized carbons (Fsp3) is 0.556. The summed E-state index contributed by atoms with van der Waals surface area (Å²) in [5, 5.41) is 7.63. The number of para-hydroxylation sites is 1. The van der Waals surface area contributed by atoms with Gasteiger partial charge >= 0.3 is 0 Å². The number of thiocarbonyl (C=S) groups is 1. The van der Waals surface area contributed by atoms with Gasteiger partial charge < -0.3 is 25.3 Å². The number of anilines is 1. The second-order valence-corrected chi connectivity index (χ2v) is 7.78. The molecule has 1 fully saturated rings. The second kappa shape index (κ2) is 10.7. The average molecular weight is 400 g/mol. The largest absolute Gasteiger partial charge is 0.362 e. The molecular formula is C18H30ClN5OS+2. The average Bonchev–Trinajstić information content (AvgIpc) is 2.61. The standard InChI is InChI=1S/C18H28ClN5OS/c1-22(2)9-5-8-20-18(26)24-12-10-23(11-13-24)14-17(25)21-16-7-4-3-6-15(16)19/h3-4,6-7H,5,8-14H2,1-2H3,(H,20,26)(H,21,25)/p+2. The molecule has 1 heterocycles. The van der Waals surface area contributed by atoms with Crippen LogP contribution in [0.2, 0.25) is 5.02 Å². The molecule has 0 radical (unpaired) electrons. The molecule has 1 aromatic rings. The molecule has 0 bridgehead atoms. The minimum absolute atomic E-state index is 0.00608. The van der Waals surface area contributed by atoms with Crippen LogP contribution in [0.5, 0.6) is 0 Å². The van der Waals surface area contributed by atoms with Gasteiger partial charge in [-0.25, -0.2) is 0 Å². The van der Waals surface area contributed by atoms with E-state index in [1.807, 2.05) is 18.2 Å². The predicted octanol–water partition coefficient (Wildman–Crippen LogP) is -1.11. The van der Waals surface area contributed by atoms with Crippen molar-refractivity contribution >= 4 is 40.5 Å². The van der Waals surface area contributed by atoms with Crippen molar-refractivity contribution in [3.8, 4) is 0 Å². The van der Waals surface area contributed by atoms with Crippen LogP contribution in [-0.2, 0) is 4.79 Å². The second-order valence-electron chi connectivity index (χ2n) is 6.98. The Hall–Kier alpha value is -1.41. The molecule has 2 rings (SSSR count). The molecule has 0 aromatic heterocycles. The first-order valence-electron chi connectivity index (χ1n) is 9.15. The summed E-state index contributed by atoms with van der Waals surface area (Å²) < 4.78 is 0. The number of hydrogen-bond acceptors (Lipinski definition) is 2. The molecule has 144 valence electrons. The SMILES string of the molecule is C[NH+](C)CCCNC(=S)N1CC[NH+](CC(=O)Nc2ccccc2Cl)CC1. The van der Waals surface area contributed by atoms with Crippen molar-refractivity contribution in [1.29, 1.82) is 0 Å². The van der Waals surface area contributed by atoms with Crippen LogP contribution >= 0.6 is 23.8 Å². The summed E-state index contributed by atoms with van der Waals surface area (Å²) >= 11 is 11.6. The highest BCUT2D eigenvalue weighted by Gasteiger charge is 2.23. The normalized spacial score (nSPS) is 15.2. The van der Waals surface area contributed by atoms with Gasteiger partial charge in [-0.2, -0.15) is 0 Å². The number of nitrogens with zero attached hydrogens (tertiary/aromatic N) is 1. The van der Waals surface area contributed by atoms with E-state index < -0.39 is 0 Å². The predicted molar refractivity (Wildman–Crippen MR) is 110 cm³/mol. The highest BCUT2D eigenvalue weighted by atomic mass is 35.5. The zero-order valence-electron chi connectivity index (χ0n) is 15.6. The minimum atomic E-state index is -0.00608. The molecule has 1 aliphatic rings. The maximum atomic E-state index is 12.2. The van der Waals surface area contributed by atoms with Gasteiger partial charge in [0.05, 0.1) is 57.5 Å². The summed E-state index contributed by atoms with van der Waals surface area (Å²) in [5.74, 6) is -0.00608. The number of carbonyl (C=O) groups is 1. The molecule has 1 amide bonds. The van der Waals surface area contributed by atoms with E-state index in [2.05, 4.69) is 29.6 Å². The Morgan fingerprint density at radius 2 is 2.00 bits per heavy atom. The van der Waals surface area contributed by atoms with Gasteiger partial charge in [0.1, 0.15) is 0 Å². The number of piperazine rings is 1. The first-order chi connectivity index (χ1) is 12.5. The zero-order valence-corrected chi connectivity index (χ0v) is 17.2. The van der Waals surface area contributed by atoms with Crippen molar-refractivity contribution in [3.63, 3.8) is 0 Å². The molecule has 0 spiro atoms. The lowest BCUT2D eigenvalue weighted by Crippen LogP contribution is -3.15. The highest BCUT2D eigenvalue weighted by Crippen LogP contribution is 2.19. The van der Waals surface area contributed by atoms with Crippen LogP contribution in [0.1, 0.15) is 6.42 Å². The monoisotopic (exact) mass is 399 g/mol. The summed E-state index contributed by atoms with van der Waals surface area (Å²) in [4.78, 5) is 17.2. The number of nitrogens with one attached hydrogen (secondary N) is 4. The number of hydrogen-bond donors (Lipinski definition) is 4. The molecule has 0 aliphatic carbocycles. The molecule has 0 saturated carbocycles. The van der Waals surface area contributed by atoms with Crippen molar-refractivity contribution in [2.75, 3.05) is 65.2 Å². The Morgan fingerprint density at radius 1 is 1.31 bits per heavy atom. The zero-order chi connectivity index (χ0) is 18.9. The van der Waals surface area contributed by atoms with Crippen molar-refractivity contribution < 1.29 is 14.6 Å². The molecule has 26 heavy (non-hydrogen) atoms. The smallest absolute Gasteiger partial charge is 0.279 e. The Bertz CT molecular complexity index is 605. The van der Waals surface area contributed by atoms with E-state index in [4.69, 9.17) is 23.8 Å². The van der Waals surface area contributed by atoms with Gasteiger partial charge in [0.25, 0.3) is 5.91 Å². The van der Waals surface area contributed by atoms with E-state index in [0.29, 0.717) is 17.3 Å². The number of halogens is 1. The van der Waals surface area contributed by atoms with Crippen LogP contribution in [0.4, 0.5) is 5.69 Å². The molecule has 0 atom stereocenters. The van der Waals surface area contributed by atoms with Gasteiger partial charge in [0.15, 0.2) is 11.7 Å². The van der Waals surface area contributed by atoms with Crippen molar-refractivity contribution in [3.05, 3.63) is 29.3 Å². The van der Waals surface area contributed by atoms with Crippen LogP contribution < -0.4 is 20.4 Å². The lowest BCUT2D eigenvalue weighted by atomic mass is 10.3. The minimum Gasteiger partial charge on any atom is -0.362 e. The van der Waals surface area contributed by atoms with Gasteiger partial charge in [-0.05, 0) is 24.4 Å². The van der Waals surface area contributed by atoms with Gasteiger partial charge in [-0.3, -0.25) is 4.79 Å². The molecule has 0 unspecified atom stereocenters. The lowest BCUT2D eigenvalue weighted by Gasteiger charge is -2.33. The fourth-order valence-electron chi connectivity index (χ4n) is 2.94. The Morgan fingerprint density at radius 3 is 2.65 bits per heavy atom. The molecular weight excluding hydrogens is 370 g/mol. The Balaban J connectivity index is 1.67. The molecule has 6 nitrogen and oxygen atoms in total. The Labute approximate surface area is 166 Å². The van der Waals surface area contributed by atoms with E-state index in [-0.39, 0.29) is 5.91 Å². The van der Waals surface area contributed by atoms with E-state index in [1.165, 1.54) is 9.80 Å². The van der Waals surface area contributed by atoms with Crippen molar-refractivity contribution in [1.82, 2.24) is 10.2 Å². The molecule has 1 saturated heterocycles. The number of benzene rings is 1. The third kappa shape index (κ3) is 7.07. The summed E-state index contributed by atoms with van der Waals surface area (Å²) in [6, 6.07) is 7.30. The topological polar surface area (TPSA) is 53.2 Å². The van der Waals surface area contributed by atoms with Crippen molar-refractivity contribution in [2.24, 2.45) is 0 Å². The van der Waals surface area contributed by atoms with Crippen LogP contribution in [-0.4, -0.2) is 75.8 Å². The molecule has 1 aromatic carbocycles. The highest BCUT2D eigenvalue weighted by molar-refractivity contribution is 7.80. The van der Waals surface area contributed by atoms with Gasteiger partial charge in [-0.15, -0.1) is 0 Å². The van der Waals surface area contributed by atoms with E-state index in [9.17, 15) is 4.79 Å².